The lowest BCUT2D eigenvalue weighted by Crippen LogP contribution is -2.08. The van der Waals surface area contributed by atoms with Gasteiger partial charge in [0.05, 0.1) is 18.4 Å². The number of anilines is 3. The van der Waals surface area contributed by atoms with Crippen molar-refractivity contribution >= 4 is 17.5 Å². The van der Waals surface area contributed by atoms with Crippen LogP contribution in [0.4, 0.5) is 26.2 Å². The van der Waals surface area contributed by atoms with Crippen LogP contribution in [0.15, 0.2) is 48.8 Å². The summed E-state index contributed by atoms with van der Waals surface area (Å²) in [7, 11) is 0. The summed E-state index contributed by atoms with van der Waals surface area (Å²) in [5.74, 6) is -1.04. The molecule has 2 aromatic heterocycles. The molecule has 0 aliphatic rings. The van der Waals surface area contributed by atoms with E-state index in [2.05, 4.69) is 30.8 Å². The summed E-state index contributed by atoms with van der Waals surface area (Å²) in [6.07, 6.45) is 2.95. The average molecular weight is 314 g/mol. The zero-order valence-electron chi connectivity index (χ0n) is 11.9. The van der Waals surface area contributed by atoms with Gasteiger partial charge < -0.3 is 10.6 Å². The quantitative estimate of drug-likeness (QED) is 0.754. The summed E-state index contributed by atoms with van der Waals surface area (Å²) in [5, 5.41) is 13.1. The van der Waals surface area contributed by atoms with Crippen LogP contribution in [0.3, 0.4) is 0 Å². The molecule has 0 aliphatic carbocycles. The van der Waals surface area contributed by atoms with Gasteiger partial charge in [-0.05, 0) is 24.3 Å². The number of pyridine rings is 1. The highest BCUT2D eigenvalue weighted by Crippen LogP contribution is 2.21. The van der Waals surface area contributed by atoms with E-state index in [1.54, 1.807) is 6.20 Å². The minimum atomic E-state index is -0.716. The highest BCUT2D eigenvalue weighted by molar-refractivity contribution is 5.57. The molecule has 116 valence electrons. The van der Waals surface area contributed by atoms with E-state index >= 15 is 0 Å². The Bertz CT molecular complexity index is 777. The number of halogens is 2. The standard InChI is InChI=1S/C15H12F2N6/c16-11-5-3-6-12(17)14(11)21-13-9-20-23-15(22-13)19-8-10-4-1-2-7-18-10/h1-7,9H,8H2,(H2,19,21,22,23). The number of benzene rings is 1. The van der Waals surface area contributed by atoms with Crippen LogP contribution in [-0.2, 0) is 6.54 Å². The molecule has 0 amide bonds. The van der Waals surface area contributed by atoms with Crippen LogP contribution in [-0.4, -0.2) is 20.2 Å². The smallest absolute Gasteiger partial charge is 0.245 e. The fourth-order valence-corrected chi connectivity index (χ4v) is 1.86. The van der Waals surface area contributed by atoms with Crippen LogP contribution in [0.2, 0.25) is 0 Å². The van der Waals surface area contributed by atoms with Gasteiger partial charge in [-0.25, -0.2) is 8.78 Å². The number of nitrogens with zero attached hydrogens (tertiary/aromatic N) is 4. The number of aromatic nitrogens is 4. The molecule has 1 aromatic carbocycles. The lowest BCUT2D eigenvalue weighted by Gasteiger charge is -2.09. The van der Waals surface area contributed by atoms with Gasteiger partial charge in [-0.3, -0.25) is 4.98 Å². The summed E-state index contributed by atoms with van der Waals surface area (Å²) in [6.45, 7) is 0.403. The van der Waals surface area contributed by atoms with Gasteiger partial charge in [0.2, 0.25) is 5.95 Å². The minimum Gasteiger partial charge on any atom is -0.347 e. The fraction of sp³-hybridized carbons (Fsp3) is 0.0667. The normalized spacial score (nSPS) is 10.3. The molecule has 2 heterocycles. The number of hydrogen-bond donors (Lipinski definition) is 2. The van der Waals surface area contributed by atoms with Gasteiger partial charge in [-0.1, -0.05) is 12.1 Å². The van der Waals surface area contributed by atoms with Gasteiger partial charge in [0, 0.05) is 6.20 Å². The third-order valence-electron chi connectivity index (χ3n) is 2.93. The van der Waals surface area contributed by atoms with Gasteiger partial charge >= 0.3 is 0 Å². The highest BCUT2D eigenvalue weighted by Gasteiger charge is 2.10. The van der Waals surface area contributed by atoms with Crippen LogP contribution in [0.5, 0.6) is 0 Å². The molecule has 0 unspecified atom stereocenters. The maximum atomic E-state index is 13.6. The molecule has 23 heavy (non-hydrogen) atoms. The second kappa shape index (κ2) is 6.73. The zero-order valence-corrected chi connectivity index (χ0v) is 11.9. The molecule has 0 fully saturated rings. The maximum Gasteiger partial charge on any atom is 0.245 e. The van der Waals surface area contributed by atoms with E-state index in [1.807, 2.05) is 18.2 Å². The van der Waals surface area contributed by atoms with E-state index in [4.69, 9.17) is 0 Å². The predicted octanol–water partition coefficient (Wildman–Crippen LogP) is 2.90. The highest BCUT2D eigenvalue weighted by atomic mass is 19.1. The summed E-state index contributed by atoms with van der Waals surface area (Å²) < 4.78 is 27.2. The summed E-state index contributed by atoms with van der Waals surface area (Å²) in [5.41, 5.74) is 0.512. The first-order chi connectivity index (χ1) is 11.2. The second-order valence-electron chi connectivity index (χ2n) is 4.56. The number of nitrogens with one attached hydrogen (secondary N) is 2. The van der Waals surface area contributed by atoms with Gasteiger partial charge in [0.25, 0.3) is 0 Å². The van der Waals surface area contributed by atoms with Crippen molar-refractivity contribution in [3.8, 4) is 0 Å². The molecule has 0 radical (unpaired) electrons. The number of rotatable bonds is 5. The van der Waals surface area contributed by atoms with E-state index in [-0.39, 0.29) is 17.5 Å². The maximum absolute atomic E-state index is 13.6. The molecule has 8 heteroatoms. The monoisotopic (exact) mass is 314 g/mol. The van der Waals surface area contributed by atoms with Gasteiger partial charge in [0.1, 0.15) is 17.3 Å². The van der Waals surface area contributed by atoms with Crippen molar-refractivity contribution in [2.24, 2.45) is 0 Å². The van der Waals surface area contributed by atoms with Crippen molar-refractivity contribution < 1.29 is 8.78 Å². The molecule has 0 saturated carbocycles. The van der Waals surface area contributed by atoms with Crippen LogP contribution in [0.25, 0.3) is 0 Å². The minimum absolute atomic E-state index is 0.174. The van der Waals surface area contributed by atoms with Crippen LogP contribution < -0.4 is 10.6 Å². The molecule has 0 bridgehead atoms. The van der Waals surface area contributed by atoms with E-state index < -0.39 is 11.6 Å². The Balaban J connectivity index is 1.72. The molecule has 0 atom stereocenters. The van der Waals surface area contributed by atoms with Crippen LogP contribution in [0, 0.1) is 11.6 Å². The first-order valence-electron chi connectivity index (χ1n) is 6.77. The molecular weight excluding hydrogens is 302 g/mol. The molecular formula is C15H12F2N6. The zero-order chi connectivity index (χ0) is 16.1. The Labute approximate surface area is 130 Å². The molecule has 2 N–H and O–H groups in total. The van der Waals surface area contributed by atoms with Crippen molar-refractivity contribution in [2.75, 3.05) is 10.6 Å². The Kier molecular flexibility index (Phi) is 4.32. The Morgan fingerprint density at radius 3 is 2.57 bits per heavy atom. The van der Waals surface area contributed by atoms with Crippen molar-refractivity contribution in [1.29, 1.82) is 0 Å². The van der Waals surface area contributed by atoms with E-state index in [0.29, 0.717) is 6.54 Å². The van der Waals surface area contributed by atoms with Gasteiger partial charge in [-0.15, -0.1) is 5.10 Å². The molecule has 0 saturated heterocycles. The van der Waals surface area contributed by atoms with Crippen LogP contribution >= 0.6 is 0 Å². The molecule has 3 rings (SSSR count). The van der Waals surface area contributed by atoms with Crippen molar-refractivity contribution in [3.63, 3.8) is 0 Å². The van der Waals surface area contributed by atoms with Gasteiger partial charge in [-0.2, -0.15) is 10.1 Å². The van der Waals surface area contributed by atoms with Crippen molar-refractivity contribution in [1.82, 2.24) is 20.2 Å². The lowest BCUT2D eigenvalue weighted by molar-refractivity contribution is 0.590. The Hall–Kier alpha value is -3.16. The molecule has 0 aliphatic heterocycles. The van der Waals surface area contributed by atoms with Crippen molar-refractivity contribution in [2.45, 2.75) is 6.54 Å². The Morgan fingerprint density at radius 2 is 1.83 bits per heavy atom. The second-order valence-corrected chi connectivity index (χ2v) is 4.56. The van der Waals surface area contributed by atoms with Crippen LogP contribution in [0.1, 0.15) is 5.69 Å². The molecule has 3 aromatic rings. The summed E-state index contributed by atoms with van der Waals surface area (Å²) >= 11 is 0. The predicted molar refractivity (Wildman–Crippen MR) is 81.0 cm³/mol. The largest absolute Gasteiger partial charge is 0.347 e. The third-order valence-corrected chi connectivity index (χ3v) is 2.93. The average Bonchev–Trinajstić information content (AvgIpc) is 2.58. The molecule has 0 spiro atoms. The SMILES string of the molecule is Fc1cccc(F)c1Nc1cnnc(NCc2ccccn2)n1. The first kappa shape index (κ1) is 14.8. The fourth-order valence-electron chi connectivity index (χ4n) is 1.86. The third kappa shape index (κ3) is 3.73. The summed E-state index contributed by atoms with van der Waals surface area (Å²) in [4.78, 5) is 8.26. The topological polar surface area (TPSA) is 75.6 Å². The van der Waals surface area contributed by atoms with E-state index in [1.165, 1.54) is 12.3 Å². The Morgan fingerprint density at radius 1 is 1.00 bits per heavy atom. The van der Waals surface area contributed by atoms with E-state index in [9.17, 15) is 8.78 Å². The number of para-hydroxylation sites is 1. The van der Waals surface area contributed by atoms with Crippen molar-refractivity contribution in [3.05, 3.63) is 66.1 Å². The molecule has 6 nitrogen and oxygen atoms in total. The number of hydrogen-bond acceptors (Lipinski definition) is 6. The lowest BCUT2D eigenvalue weighted by atomic mass is 10.3. The first-order valence-corrected chi connectivity index (χ1v) is 6.77. The summed E-state index contributed by atoms with van der Waals surface area (Å²) in [6, 6.07) is 9.11. The van der Waals surface area contributed by atoms with E-state index in [0.717, 1.165) is 17.8 Å². The van der Waals surface area contributed by atoms with Gasteiger partial charge in [0.15, 0.2) is 5.82 Å².